The Kier molecular flexibility index (Phi) is 6.91. The average molecular weight is 595 g/mol. The van der Waals surface area contributed by atoms with Crippen LogP contribution >= 0.6 is 34.8 Å². The Labute approximate surface area is 243 Å². The first-order chi connectivity index (χ1) is 18.8. The van der Waals surface area contributed by atoms with Crippen LogP contribution in [-0.2, 0) is 0 Å². The van der Waals surface area contributed by atoms with Gasteiger partial charge in [-0.3, -0.25) is 9.59 Å². The molecule has 5 rings (SSSR count). The number of carbonyl (C=O) groups is 2. The van der Waals surface area contributed by atoms with E-state index in [0.717, 1.165) is 6.07 Å². The number of ketones is 1. The first-order valence-electron chi connectivity index (χ1n) is 12.1. The van der Waals surface area contributed by atoms with Crippen LogP contribution in [0.15, 0.2) is 69.9 Å². The van der Waals surface area contributed by atoms with E-state index in [1.54, 1.807) is 51.1 Å². The van der Waals surface area contributed by atoms with Crippen LogP contribution in [-0.4, -0.2) is 16.9 Å². The van der Waals surface area contributed by atoms with Gasteiger partial charge >= 0.3 is 5.97 Å². The molecule has 0 amide bonds. The largest absolute Gasteiger partial charge is 0.871 e. The van der Waals surface area contributed by atoms with Crippen LogP contribution in [0.1, 0.15) is 41.5 Å². The summed E-state index contributed by atoms with van der Waals surface area (Å²) in [5.41, 5.74) is -0.147. The summed E-state index contributed by atoms with van der Waals surface area (Å²) in [5.74, 6) is -2.22. The molecule has 0 radical (unpaired) electrons. The normalized spacial score (nSPS) is 11.8. The molecule has 0 saturated carbocycles. The smallest absolute Gasteiger partial charge is 0.337 e. The van der Waals surface area contributed by atoms with E-state index >= 15 is 0 Å². The maximum atomic E-state index is 13.4. The molecule has 0 fully saturated rings. The van der Waals surface area contributed by atoms with Crippen LogP contribution in [0.4, 0.5) is 0 Å². The number of fused-ring (bicyclic) bond motifs is 2. The molecule has 202 valence electrons. The summed E-state index contributed by atoms with van der Waals surface area (Å²) in [6.45, 7) is 5.11. The molecule has 9 heteroatoms. The summed E-state index contributed by atoms with van der Waals surface area (Å²) in [7, 11) is 0. The van der Waals surface area contributed by atoms with Crippen LogP contribution in [0, 0.1) is 5.41 Å². The molecule has 0 spiro atoms. The fourth-order valence-electron chi connectivity index (χ4n) is 4.67. The number of carbonyl (C=O) groups excluding carboxylic acids is 1. The number of hydrogen-bond acceptors (Lipinski definition) is 5. The van der Waals surface area contributed by atoms with Crippen LogP contribution < -0.4 is 10.5 Å². The zero-order chi connectivity index (χ0) is 29.1. The first kappa shape index (κ1) is 27.7. The quantitative estimate of drug-likeness (QED) is 0.166. The second-order valence-corrected chi connectivity index (χ2v) is 11.5. The summed E-state index contributed by atoms with van der Waals surface area (Å²) in [5, 5.41) is 22.4. The SMILES string of the molecule is CC(C)(C)C(=O)c1cc(Cl)c(C(=O)O)c(-c2c3cc(-c4ccccc4)c(=O)cc-3oc3cc([O-])c(Cl)cc23)c1Cl. The monoisotopic (exact) mass is 593 g/mol. The molecule has 0 bridgehead atoms. The third kappa shape index (κ3) is 4.62. The second-order valence-electron chi connectivity index (χ2n) is 10.3. The van der Waals surface area contributed by atoms with Gasteiger partial charge in [0.1, 0.15) is 11.3 Å². The molecule has 0 saturated heterocycles. The lowest BCUT2D eigenvalue weighted by atomic mass is 9.83. The number of benzene rings is 4. The fraction of sp³-hybridized carbons (Fsp3) is 0.129. The molecule has 1 N–H and O–H groups in total. The summed E-state index contributed by atoms with van der Waals surface area (Å²) >= 11 is 19.6. The van der Waals surface area contributed by atoms with Gasteiger partial charge in [0.25, 0.3) is 0 Å². The van der Waals surface area contributed by atoms with E-state index in [-0.39, 0.29) is 65.3 Å². The topological polar surface area (TPSA) is 108 Å². The highest BCUT2D eigenvalue weighted by atomic mass is 35.5. The molecule has 2 aliphatic rings. The van der Waals surface area contributed by atoms with Crippen molar-refractivity contribution < 1.29 is 24.2 Å². The van der Waals surface area contributed by atoms with Gasteiger partial charge in [0.2, 0.25) is 0 Å². The fourth-order valence-corrected chi connectivity index (χ4v) is 5.45. The standard InChI is InChI=1S/C31H21Cl3O6/c1-31(2,3)29(37)18-11-20(33)26(30(38)39)27(28(18)34)25-16-9-15(14-7-5-4-6-8-14)21(35)12-23(16)40-24-13-22(36)19(32)10-17(24)25/h4-13,36H,1-3H3,(H,38,39)/p-1. The third-order valence-electron chi connectivity index (χ3n) is 6.56. The number of carboxylic acid groups (broad SMARTS) is 1. The van der Waals surface area contributed by atoms with Crippen molar-refractivity contribution in [2.75, 3.05) is 0 Å². The summed E-state index contributed by atoms with van der Waals surface area (Å²) < 4.78 is 5.97. The molecule has 3 aromatic rings. The van der Waals surface area contributed by atoms with Gasteiger partial charge < -0.3 is 14.6 Å². The van der Waals surface area contributed by atoms with E-state index in [1.807, 2.05) is 6.07 Å². The van der Waals surface area contributed by atoms with E-state index in [0.29, 0.717) is 16.7 Å². The number of rotatable bonds is 4. The number of carboxylic acids is 1. The molecule has 40 heavy (non-hydrogen) atoms. The van der Waals surface area contributed by atoms with Crippen LogP contribution in [0.3, 0.4) is 0 Å². The van der Waals surface area contributed by atoms with Crippen molar-refractivity contribution in [3.05, 3.63) is 97.1 Å². The Morgan fingerprint density at radius 3 is 2.17 bits per heavy atom. The Morgan fingerprint density at radius 2 is 1.55 bits per heavy atom. The molecule has 0 aromatic heterocycles. The van der Waals surface area contributed by atoms with Gasteiger partial charge in [0.15, 0.2) is 11.2 Å². The van der Waals surface area contributed by atoms with E-state index < -0.39 is 17.1 Å². The molecule has 1 aliphatic carbocycles. The summed E-state index contributed by atoms with van der Waals surface area (Å²) in [6, 6.07) is 15.5. The lowest BCUT2D eigenvalue weighted by Gasteiger charge is -2.23. The third-order valence-corrected chi connectivity index (χ3v) is 7.55. The molecular weight excluding hydrogens is 575 g/mol. The Hall–Kier alpha value is -3.84. The molecule has 6 nitrogen and oxygen atoms in total. The maximum absolute atomic E-state index is 13.4. The molecule has 1 aliphatic heterocycles. The minimum atomic E-state index is -1.39. The predicted molar refractivity (Wildman–Crippen MR) is 155 cm³/mol. The average Bonchev–Trinajstić information content (AvgIpc) is 2.88. The van der Waals surface area contributed by atoms with Crippen molar-refractivity contribution in [3.8, 4) is 39.3 Å². The minimum Gasteiger partial charge on any atom is -0.871 e. The molecule has 0 unspecified atom stereocenters. The van der Waals surface area contributed by atoms with Crippen LogP contribution in [0.5, 0.6) is 5.75 Å². The summed E-state index contributed by atoms with van der Waals surface area (Å²) in [6.07, 6.45) is 0. The van der Waals surface area contributed by atoms with Crippen LogP contribution in [0.25, 0.3) is 44.5 Å². The highest BCUT2D eigenvalue weighted by Gasteiger charge is 2.33. The van der Waals surface area contributed by atoms with Crippen molar-refractivity contribution in [1.82, 2.24) is 0 Å². The number of aromatic carboxylic acids is 1. The van der Waals surface area contributed by atoms with Gasteiger partial charge in [-0.05, 0) is 29.8 Å². The molecule has 0 atom stereocenters. The first-order valence-corrected chi connectivity index (χ1v) is 13.2. The second kappa shape index (κ2) is 9.97. The number of hydrogen-bond donors (Lipinski definition) is 1. The van der Waals surface area contributed by atoms with Gasteiger partial charge in [0.05, 0.1) is 15.6 Å². The van der Waals surface area contributed by atoms with E-state index in [9.17, 15) is 24.6 Å². The van der Waals surface area contributed by atoms with Gasteiger partial charge in [-0.1, -0.05) is 91.7 Å². The van der Waals surface area contributed by atoms with Crippen molar-refractivity contribution in [2.24, 2.45) is 5.41 Å². The zero-order valence-electron chi connectivity index (χ0n) is 21.4. The molecular formula is C31H20Cl3O6-. The van der Waals surface area contributed by atoms with Gasteiger partial charge in [-0.15, -0.1) is 0 Å². The zero-order valence-corrected chi connectivity index (χ0v) is 23.7. The molecule has 3 aromatic carbocycles. The van der Waals surface area contributed by atoms with E-state index in [1.165, 1.54) is 18.2 Å². The van der Waals surface area contributed by atoms with Crippen molar-refractivity contribution in [2.45, 2.75) is 20.8 Å². The van der Waals surface area contributed by atoms with Crippen molar-refractivity contribution >= 4 is 57.5 Å². The van der Waals surface area contributed by atoms with Gasteiger partial charge in [-0.2, -0.15) is 0 Å². The summed E-state index contributed by atoms with van der Waals surface area (Å²) in [4.78, 5) is 39.2. The van der Waals surface area contributed by atoms with Crippen molar-refractivity contribution in [1.29, 1.82) is 0 Å². The highest BCUT2D eigenvalue weighted by molar-refractivity contribution is 6.42. The van der Waals surface area contributed by atoms with Crippen molar-refractivity contribution in [3.63, 3.8) is 0 Å². The Balaban J connectivity index is 2.04. The molecule has 1 heterocycles. The van der Waals surface area contributed by atoms with Gasteiger partial charge in [0, 0.05) is 49.7 Å². The van der Waals surface area contributed by atoms with E-state index in [4.69, 9.17) is 39.2 Å². The maximum Gasteiger partial charge on any atom is 0.337 e. The van der Waals surface area contributed by atoms with Gasteiger partial charge in [-0.25, -0.2) is 4.79 Å². The van der Waals surface area contributed by atoms with E-state index in [2.05, 4.69) is 0 Å². The lowest BCUT2D eigenvalue weighted by Crippen LogP contribution is -2.21. The lowest BCUT2D eigenvalue weighted by molar-refractivity contribution is -0.268. The highest BCUT2D eigenvalue weighted by Crippen LogP contribution is 2.49. The Bertz CT molecular complexity index is 1880. The number of halogens is 3. The Morgan fingerprint density at radius 1 is 0.875 bits per heavy atom. The predicted octanol–water partition coefficient (Wildman–Crippen LogP) is 8.19. The minimum absolute atomic E-state index is 0.0246. The van der Waals surface area contributed by atoms with Crippen LogP contribution in [0.2, 0.25) is 15.1 Å². The number of Topliss-reactive ketones (excluding diaryl/α,β-unsaturated/α-hetero) is 1.